The van der Waals surface area contributed by atoms with Gasteiger partial charge in [-0.05, 0) is 26.3 Å². The molecule has 1 aromatic rings. The zero-order valence-corrected chi connectivity index (χ0v) is 23.8. The number of carboxylic acids is 1. The van der Waals surface area contributed by atoms with Crippen molar-refractivity contribution in [2.75, 3.05) is 19.6 Å². The first-order chi connectivity index (χ1) is 17.0. The molecule has 0 saturated carbocycles. The molecule has 0 unspecified atom stereocenters. The van der Waals surface area contributed by atoms with Gasteiger partial charge in [0.05, 0.1) is 0 Å². The number of nitrogens with zero attached hydrogens (tertiary/aromatic N) is 3. The summed E-state index contributed by atoms with van der Waals surface area (Å²) < 4.78 is -0.758. The molecule has 193 valence electrons. The quantitative estimate of drug-likeness (QED) is 0.245. The number of hydrogen-bond donors (Lipinski definition) is 3. The van der Waals surface area contributed by atoms with E-state index in [1.165, 1.54) is 21.6 Å². The summed E-state index contributed by atoms with van der Waals surface area (Å²) in [6.07, 6.45) is 0. The van der Waals surface area contributed by atoms with Gasteiger partial charge in [0.25, 0.3) is 0 Å². The zero-order chi connectivity index (χ0) is 26.4. The van der Waals surface area contributed by atoms with E-state index in [9.17, 15) is 33.9 Å². The van der Waals surface area contributed by atoms with Crippen molar-refractivity contribution in [1.82, 2.24) is 25.3 Å². The summed E-state index contributed by atoms with van der Waals surface area (Å²) in [4.78, 5) is 78.8. The summed E-state index contributed by atoms with van der Waals surface area (Å²) in [6.45, 7) is 5.67. The molecule has 3 fully saturated rings. The van der Waals surface area contributed by atoms with Gasteiger partial charge in [0, 0.05) is 53.9 Å². The first-order valence-electron chi connectivity index (χ1n) is 11.5. The van der Waals surface area contributed by atoms with Crippen LogP contribution < -0.4 is 10.6 Å². The standard InChI is InChI=1S/C23H27N5O7S.Na/c1-4-26-10-11-27(19(32)18(26)31)22(35)25-13(12-8-6-5-7-9-12)16(29)24-14-17(30)28-15(21(33)34)23(2,3)36-20(14)28;/h5-9,13-15,20H,4,10-11H2,1-3H3,(H,24,29)(H,25,35)(H,33,34);/t13-,14-,15+,20-;/m1./s1. The SMILES string of the molecule is CCN1CCN(C(=O)N[C@@H](C(=O)N[C@@H]2C(=O)N3[C@@H]2SC(C)(C)[C@@H]3C(=O)O)c2ccccc2)C(=O)C1=O.[Na]. The summed E-state index contributed by atoms with van der Waals surface area (Å²) in [6, 6.07) is 4.11. The fraction of sp³-hybridized carbons (Fsp3) is 0.478. The summed E-state index contributed by atoms with van der Waals surface area (Å²) in [5.41, 5.74) is 0.403. The normalized spacial score (nSPS) is 25.0. The summed E-state index contributed by atoms with van der Waals surface area (Å²) >= 11 is 1.28. The van der Waals surface area contributed by atoms with Gasteiger partial charge in [0.1, 0.15) is 23.5 Å². The van der Waals surface area contributed by atoms with Crippen LogP contribution in [0, 0.1) is 0 Å². The van der Waals surface area contributed by atoms with Gasteiger partial charge in [-0.3, -0.25) is 24.1 Å². The van der Waals surface area contributed by atoms with Gasteiger partial charge >= 0.3 is 23.8 Å². The van der Waals surface area contributed by atoms with Crippen molar-refractivity contribution in [2.24, 2.45) is 0 Å². The van der Waals surface area contributed by atoms with Gasteiger partial charge in [0.2, 0.25) is 11.8 Å². The first kappa shape index (κ1) is 29.0. The smallest absolute Gasteiger partial charge is 0.327 e. The first-order valence-corrected chi connectivity index (χ1v) is 12.3. The van der Waals surface area contributed by atoms with Gasteiger partial charge in [0.15, 0.2) is 0 Å². The molecular weight excluding hydrogens is 513 g/mol. The maximum atomic E-state index is 13.3. The molecule has 3 N–H and O–H groups in total. The Kier molecular flexibility index (Phi) is 8.62. The number of urea groups is 1. The Morgan fingerprint density at radius 2 is 1.76 bits per heavy atom. The van der Waals surface area contributed by atoms with Gasteiger partial charge < -0.3 is 25.5 Å². The minimum absolute atomic E-state index is 0. The molecule has 4 atom stereocenters. The molecule has 3 aliphatic heterocycles. The molecule has 4 rings (SSSR count). The van der Waals surface area contributed by atoms with Crippen molar-refractivity contribution in [1.29, 1.82) is 0 Å². The van der Waals surface area contributed by atoms with Crippen LogP contribution in [0.2, 0.25) is 0 Å². The zero-order valence-electron chi connectivity index (χ0n) is 21.0. The number of amides is 6. The summed E-state index contributed by atoms with van der Waals surface area (Å²) in [5.74, 6) is -4.12. The number of fused-ring (bicyclic) bond motifs is 1. The molecule has 12 nitrogen and oxygen atoms in total. The minimum Gasteiger partial charge on any atom is -0.480 e. The van der Waals surface area contributed by atoms with Crippen molar-refractivity contribution < 1.29 is 33.9 Å². The molecule has 0 aliphatic carbocycles. The van der Waals surface area contributed by atoms with E-state index >= 15 is 0 Å². The number of benzene rings is 1. The number of piperazine rings is 1. The third kappa shape index (κ3) is 5.22. The van der Waals surface area contributed by atoms with E-state index in [1.54, 1.807) is 51.1 Å². The van der Waals surface area contributed by atoms with Crippen molar-refractivity contribution >= 4 is 76.9 Å². The van der Waals surface area contributed by atoms with E-state index in [-0.39, 0.29) is 42.6 Å². The van der Waals surface area contributed by atoms with Crippen LogP contribution in [0.3, 0.4) is 0 Å². The molecule has 3 heterocycles. The summed E-state index contributed by atoms with van der Waals surface area (Å²) in [5, 5.41) is 14.2. The van der Waals surface area contributed by atoms with Crippen molar-refractivity contribution in [2.45, 2.75) is 49.0 Å². The number of hydrogen-bond acceptors (Lipinski definition) is 7. The van der Waals surface area contributed by atoms with E-state index in [2.05, 4.69) is 10.6 Å². The molecule has 0 bridgehead atoms. The van der Waals surface area contributed by atoms with Gasteiger partial charge in [-0.15, -0.1) is 11.8 Å². The van der Waals surface area contributed by atoms with E-state index in [0.717, 1.165) is 4.90 Å². The van der Waals surface area contributed by atoms with Crippen LogP contribution in [0.15, 0.2) is 30.3 Å². The molecule has 37 heavy (non-hydrogen) atoms. The number of carbonyl (C=O) groups excluding carboxylic acids is 5. The number of carbonyl (C=O) groups is 6. The number of rotatable bonds is 6. The largest absolute Gasteiger partial charge is 0.480 e. The third-order valence-electron chi connectivity index (χ3n) is 6.57. The van der Waals surface area contributed by atoms with E-state index in [1.807, 2.05) is 0 Å². The predicted octanol–water partition coefficient (Wildman–Crippen LogP) is -0.621. The second-order valence-corrected chi connectivity index (χ2v) is 11.0. The number of likely N-dealkylation sites (N-methyl/N-ethyl adjacent to an activating group) is 1. The Bertz CT molecular complexity index is 1130. The second kappa shape index (κ2) is 11.0. The minimum atomic E-state index is -1.26. The Morgan fingerprint density at radius 1 is 1.11 bits per heavy atom. The number of imide groups is 1. The van der Waals surface area contributed by atoms with Gasteiger partial charge in [-0.2, -0.15) is 0 Å². The molecule has 0 aromatic heterocycles. The number of nitrogens with one attached hydrogen (secondary N) is 2. The monoisotopic (exact) mass is 540 g/mol. The third-order valence-corrected chi connectivity index (χ3v) is 8.14. The van der Waals surface area contributed by atoms with E-state index < -0.39 is 63.9 Å². The molecule has 1 radical (unpaired) electrons. The van der Waals surface area contributed by atoms with Crippen LogP contribution in [0.25, 0.3) is 0 Å². The van der Waals surface area contributed by atoms with Gasteiger partial charge in [-0.1, -0.05) is 30.3 Å². The van der Waals surface area contributed by atoms with Gasteiger partial charge in [-0.25, -0.2) is 9.59 Å². The Balaban J connectivity index is 0.00000380. The fourth-order valence-electron chi connectivity index (χ4n) is 4.70. The molecule has 1 aromatic carbocycles. The van der Waals surface area contributed by atoms with Crippen LogP contribution in [-0.2, 0) is 24.0 Å². The van der Waals surface area contributed by atoms with Crippen molar-refractivity contribution in [3.05, 3.63) is 35.9 Å². The maximum Gasteiger partial charge on any atom is 0.327 e. The number of aliphatic carboxylic acids is 1. The van der Waals surface area contributed by atoms with Crippen molar-refractivity contribution in [3.8, 4) is 0 Å². The average molecular weight is 541 g/mol. The molecular formula is C23H27N5NaO7S. The topological polar surface area (TPSA) is 156 Å². The Hall–Kier alpha value is -2.61. The molecule has 3 saturated heterocycles. The van der Waals surface area contributed by atoms with Crippen LogP contribution in [0.5, 0.6) is 0 Å². The van der Waals surface area contributed by atoms with Crippen LogP contribution in [-0.4, -0.2) is 127 Å². The molecule has 0 spiro atoms. The molecule has 14 heteroatoms. The molecule has 6 amide bonds. The summed E-state index contributed by atoms with van der Waals surface area (Å²) in [7, 11) is 0. The fourth-order valence-corrected chi connectivity index (χ4v) is 6.32. The number of thioether (sulfide) groups is 1. The van der Waals surface area contributed by atoms with E-state index in [0.29, 0.717) is 12.1 Å². The van der Waals surface area contributed by atoms with Crippen LogP contribution in [0.1, 0.15) is 32.4 Å². The van der Waals surface area contributed by atoms with Crippen LogP contribution >= 0.6 is 11.8 Å². The Morgan fingerprint density at radius 3 is 2.35 bits per heavy atom. The Labute approximate surface area is 239 Å². The average Bonchev–Trinajstić information content (AvgIpc) is 3.10. The number of β-lactam (4-membered cyclic amide) rings is 1. The second-order valence-electron chi connectivity index (χ2n) is 9.22. The van der Waals surface area contributed by atoms with Crippen molar-refractivity contribution in [3.63, 3.8) is 0 Å². The molecule has 3 aliphatic rings. The number of carboxylic acid groups (broad SMARTS) is 1. The maximum absolute atomic E-state index is 13.3. The van der Waals surface area contributed by atoms with Crippen LogP contribution in [0.4, 0.5) is 4.79 Å². The predicted molar refractivity (Wildman–Crippen MR) is 133 cm³/mol. The van der Waals surface area contributed by atoms with E-state index in [4.69, 9.17) is 0 Å².